The van der Waals surface area contributed by atoms with Gasteiger partial charge in [0.2, 0.25) is 0 Å². The lowest BCUT2D eigenvalue weighted by atomic mass is 10.0. The van der Waals surface area contributed by atoms with Crippen LogP contribution >= 0.6 is 0 Å². The molecule has 1 saturated heterocycles. The van der Waals surface area contributed by atoms with Crippen molar-refractivity contribution in [3.05, 3.63) is 61.1 Å². The number of rotatable bonds is 5. The third-order valence-electron chi connectivity index (χ3n) is 5.46. The topological polar surface area (TPSA) is 136 Å². The SMILES string of the molecule is Cc1nc(C)c(C(C)C)c(N2CCCN(C(=O)c3cc([N+](=O)[O-])cc([N+](=O)[O-])c3)CC2)n1. The van der Waals surface area contributed by atoms with Crippen molar-refractivity contribution in [1.29, 1.82) is 0 Å². The maximum absolute atomic E-state index is 13.1. The molecule has 2 heterocycles. The normalized spacial score (nSPS) is 14.4. The molecule has 3 rings (SSSR count). The van der Waals surface area contributed by atoms with Crippen LogP contribution in [0.1, 0.15) is 53.6 Å². The minimum Gasteiger partial charge on any atom is -0.354 e. The van der Waals surface area contributed by atoms with Crippen LogP contribution in [-0.2, 0) is 0 Å². The van der Waals surface area contributed by atoms with Crippen LogP contribution in [0.25, 0.3) is 0 Å². The Kier molecular flexibility index (Phi) is 6.66. The third kappa shape index (κ3) is 4.82. The Bertz CT molecular complexity index is 1040. The minimum absolute atomic E-state index is 0.0593. The molecule has 1 amide bonds. The van der Waals surface area contributed by atoms with E-state index in [-0.39, 0.29) is 11.5 Å². The zero-order valence-electron chi connectivity index (χ0n) is 18.6. The summed E-state index contributed by atoms with van der Waals surface area (Å²) in [5, 5.41) is 22.3. The largest absolute Gasteiger partial charge is 0.354 e. The fourth-order valence-corrected chi connectivity index (χ4v) is 4.06. The summed E-state index contributed by atoms with van der Waals surface area (Å²) in [6, 6.07) is 3.03. The molecule has 1 fully saturated rings. The van der Waals surface area contributed by atoms with Crippen molar-refractivity contribution in [3.63, 3.8) is 0 Å². The highest BCUT2D eigenvalue weighted by atomic mass is 16.6. The van der Waals surface area contributed by atoms with Gasteiger partial charge in [0.25, 0.3) is 17.3 Å². The standard InChI is InChI=1S/C21H26N6O5/c1-13(2)19-14(3)22-15(4)23-20(19)24-6-5-7-25(9-8-24)21(28)16-10-17(26(29)30)12-18(11-16)27(31)32/h10-13H,5-9H2,1-4H3. The van der Waals surface area contributed by atoms with Gasteiger partial charge in [0.15, 0.2) is 0 Å². The second kappa shape index (κ2) is 9.25. The molecule has 0 atom stereocenters. The molecule has 1 aromatic heterocycles. The van der Waals surface area contributed by atoms with Crippen molar-refractivity contribution < 1.29 is 14.6 Å². The van der Waals surface area contributed by atoms with E-state index in [9.17, 15) is 25.0 Å². The molecule has 0 saturated carbocycles. The van der Waals surface area contributed by atoms with Gasteiger partial charge in [-0.15, -0.1) is 0 Å². The van der Waals surface area contributed by atoms with Gasteiger partial charge < -0.3 is 9.80 Å². The summed E-state index contributed by atoms with van der Waals surface area (Å²) < 4.78 is 0. The van der Waals surface area contributed by atoms with Gasteiger partial charge in [0.1, 0.15) is 11.6 Å². The lowest BCUT2D eigenvalue weighted by molar-refractivity contribution is -0.394. The molecular formula is C21H26N6O5. The van der Waals surface area contributed by atoms with E-state index in [1.54, 1.807) is 4.90 Å². The van der Waals surface area contributed by atoms with Crippen LogP contribution in [0, 0.1) is 34.1 Å². The quantitative estimate of drug-likeness (QED) is 0.508. The van der Waals surface area contributed by atoms with E-state index in [4.69, 9.17) is 0 Å². The molecule has 11 nitrogen and oxygen atoms in total. The lowest BCUT2D eigenvalue weighted by Gasteiger charge is -2.27. The van der Waals surface area contributed by atoms with E-state index in [0.29, 0.717) is 38.4 Å². The predicted octanol–water partition coefficient (Wildman–Crippen LogP) is 3.39. The summed E-state index contributed by atoms with van der Waals surface area (Å²) in [6.07, 6.45) is 0.669. The molecule has 2 aromatic rings. The summed E-state index contributed by atoms with van der Waals surface area (Å²) in [5.74, 6) is 1.32. The molecule has 1 aromatic carbocycles. The molecule has 11 heteroatoms. The van der Waals surface area contributed by atoms with Gasteiger partial charge in [0.05, 0.1) is 21.5 Å². The summed E-state index contributed by atoms with van der Waals surface area (Å²) in [4.78, 5) is 46.8. The van der Waals surface area contributed by atoms with Gasteiger partial charge in [-0.3, -0.25) is 25.0 Å². The Labute approximate surface area is 185 Å². The van der Waals surface area contributed by atoms with E-state index >= 15 is 0 Å². The zero-order valence-corrected chi connectivity index (χ0v) is 18.6. The van der Waals surface area contributed by atoms with Gasteiger partial charge in [-0.05, 0) is 26.2 Å². The van der Waals surface area contributed by atoms with Gasteiger partial charge in [-0.25, -0.2) is 9.97 Å². The van der Waals surface area contributed by atoms with Crippen LogP contribution < -0.4 is 4.90 Å². The van der Waals surface area contributed by atoms with Crippen molar-refractivity contribution in [2.75, 3.05) is 31.1 Å². The Balaban J connectivity index is 1.86. The van der Waals surface area contributed by atoms with Crippen molar-refractivity contribution in [2.45, 2.75) is 40.0 Å². The molecule has 0 aliphatic carbocycles. The Hall–Kier alpha value is -3.63. The Morgan fingerprint density at radius 3 is 2.16 bits per heavy atom. The number of amides is 1. The van der Waals surface area contributed by atoms with E-state index in [1.807, 2.05) is 13.8 Å². The highest BCUT2D eigenvalue weighted by Crippen LogP contribution is 2.29. The van der Waals surface area contributed by atoms with Crippen LogP contribution in [0.4, 0.5) is 17.2 Å². The maximum atomic E-state index is 13.1. The second-order valence-corrected chi connectivity index (χ2v) is 8.13. The first kappa shape index (κ1) is 23.0. The summed E-state index contributed by atoms with van der Waals surface area (Å²) in [6.45, 7) is 10.0. The van der Waals surface area contributed by atoms with Gasteiger partial charge in [-0.1, -0.05) is 13.8 Å². The highest BCUT2D eigenvalue weighted by molar-refractivity contribution is 5.95. The van der Waals surface area contributed by atoms with Gasteiger partial charge in [0, 0.05) is 49.6 Å². The number of carbonyl (C=O) groups excluding carboxylic acids is 1. The van der Waals surface area contributed by atoms with Crippen LogP contribution in [0.2, 0.25) is 0 Å². The number of non-ortho nitro benzene ring substituents is 2. The number of anilines is 1. The average molecular weight is 442 g/mol. The number of hydrogen-bond acceptors (Lipinski definition) is 8. The van der Waals surface area contributed by atoms with E-state index in [2.05, 4.69) is 28.7 Å². The van der Waals surface area contributed by atoms with Gasteiger partial charge in [-0.2, -0.15) is 0 Å². The average Bonchev–Trinajstić information content (AvgIpc) is 2.98. The van der Waals surface area contributed by atoms with Crippen LogP contribution in [-0.4, -0.2) is 56.8 Å². The Morgan fingerprint density at radius 1 is 0.969 bits per heavy atom. The minimum atomic E-state index is -0.735. The molecule has 0 bridgehead atoms. The fourth-order valence-electron chi connectivity index (χ4n) is 4.06. The van der Waals surface area contributed by atoms with E-state index in [0.717, 1.165) is 35.3 Å². The first-order valence-electron chi connectivity index (χ1n) is 10.4. The number of nitro benzene ring substituents is 2. The first-order chi connectivity index (χ1) is 15.1. The molecule has 0 N–H and O–H groups in total. The van der Waals surface area contributed by atoms with Crippen LogP contribution in [0.3, 0.4) is 0 Å². The molecule has 1 aliphatic heterocycles. The number of hydrogen-bond donors (Lipinski definition) is 0. The maximum Gasteiger partial charge on any atom is 0.277 e. The molecule has 0 unspecified atom stereocenters. The number of aryl methyl sites for hydroxylation is 2. The van der Waals surface area contributed by atoms with Gasteiger partial charge >= 0.3 is 0 Å². The molecule has 0 spiro atoms. The van der Waals surface area contributed by atoms with E-state index < -0.39 is 27.1 Å². The molecule has 1 aliphatic rings. The summed E-state index contributed by atoms with van der Waals surface area (Å²) in [7, 11) is 0. The Morgan fingerprint density at radius 2 is 1.59 bits per heavy atom. The van der Waals surface area contributed by atoms with Crippen LogP contribution in [0.5, 0.6) is 0 Å². The van der Waals surface area contributed by atoms with Crippen molar-refractivity contribution in [1.82, 2.24) is 14.9 Å². The van der Waals surface area contributed by atoms with Crippen molar-refractivity contribution in [3.8, 4) is 0 Å². The molecule has 32 heavy (non-hydrogen) atoms. The zero-order chi connectivity index (χ0) is 23.6. The molecular weight excluding hydrogens is 416 g/mol. The predicted molar refractivity (Wildman–Crippen MR) is 118 cm³/mol. The second-order valence-electron chi connectivity index (χ2n) is 8.13. The molecule has 0 radical (unpaired) electrons. The third-order valence-corrected chi connectivity index (χ3v) is 5.46. The highest BCUT2D eigenvalue weighted by Gasteiger charge is 2.27. The number of nitrogens with zero attached hydrogens (tertiary/aromatic N) is 6. The fraction of sp³-hybridized carbons (Fsp3) is 0.476. The summed E-state index contributed by atoms with van der Waals surface area (Å²) in [5.41, 5.74) is 0.990. The monoisotopic (exact) mass is 442 g/mol. The number of nitro groups is 2. The van der Waals surface area contributed by atoms with Crippen LogP contribution in [0.15, 0.2) is 18.2 Å². The lowest BCUT2D eigenvalue weighted by Crippen LogP contribution is -2.36. The number of carbonyl (C=O) groups is 1. The van der Waals surface area contributed by atoms with Crippen molar-refractivity contribution in [2.24, 2.45) is 0 Å². The number of benzene rings is 1. The van der Waals surface area contributed by atoms with E-state index in [1.165, 1.54) is 0 Å². The first-order valence-corrected chi connectivity index (χ1v) is 10.4. The number of aromatic nitrogens is 2. The summed E-state index contributed by atoms with van der Waals surface area (Å²) >= 11 is 0. The molecule has 170 valence electrons. The van der Waals surface area contributed by atoms with Crippen molar-refractivity contribution >= 4 is 23.1 Å². The smallest absolute Gasteiger partial charge is 0.277 e.